The van der Waals surface area contributed by atoms with Gasteiger partial charge in [-0.05, 0) is 19.1 Å². The summed E-state index contributed by atoms with van der Waals surface area (Å²) in [5.74, 6) is 1.71. The molecule has 0 spiro atoms. The minimum absolute atomic E-state index is 0.0145. The average molecular weight is 288 g/mol. The van der Waals surface area contributed by atoms with Gasteiger partial charge in [-0.15, -0.1) is 10.2 Å². The van der Waals surface area contributed by atoms with Crippen molar-refractivity contribution >= 4 is 11.6 Å². The molecule has 1 atom stereocenters. The van der Waals surface area contributed by atoms with Crippen molar-refractivity contribution in [2.45, 2.75) is 40.0 Å². The summed E-state index contributed by atoms with van der Waals surface area (Å²) >= 11 is 0. The molecule has 1 heterocycles. The second kappa shape index (κ2) is 8.19. The molecule has 1 amide bonds. The Labute approximate surface area is 126 Å². The maximum Gasteiger partial charge on any atom is 0.225 e. The molecule has 2 aromatic rings. The van der Waals surface area contributed by atoms with Crippen LogP contribution >= 0.6 is 0 Å². The molecule has 0 bridgehead atoms. The first kappa shape index (κ1) is 16.9. The Morgan fingerprint density at radius 3 is 2.38 bits per heavy atom. The topological polar surface area (TPSA) is 59.8 Å². The molecule has 0 aliphatic rings. The van der Waals surface area contributed by atoms with Gasteiger partial charge in [0.05, 0.1) is 0 Å². The normalized spacial score (nSPS) is 11.3. The predicted molar refractivity (Wildman–Crippen MR) is 85.2 cm³/mol. The number of aryl methyl sites for hydroxylation is 1. The Hall–Kier alpha value is -2.17. The van der Waals surface area contributed by atoms with E-state index in [2.05, 4.69) is 15.5 Å². The van der Waals surface area contributed by atoms with Crippen LogP contribution in [0.15, 0.2) is 30.3 Å². The summed E-state index contributed by atoms with van der Waals surface area (Å²) in [4.78, 5) is 11.9. The third-order valence-corrected chi connectivity index (χ3v) is 3.12. The zero-order valence-corrected chi connectivity index (χ0v) is 13.4. The first-order valence-corrected chi connectivity index (χ1v) is 7.28. The second-order valence-electron chi connectivity index (χ2n) is 4.68. The molecule has 0 radical (unpaired) electrons. The predicted octanol–water partition coefficient (Wildman–Crippen LogP) is 3.28. The van der Waals surface area contributed by atoms with Crippen LogP contribution in [0.3, 0.4) is 0 Å². The molecule has 2 rings (SSSR count). The van der Waals surface area contributed by atoms with Crippen molar-refractivity contribution in [3.05, 3.63) is 42.0 Å². The van der Waals surface area contributed by atoms with Crippen LogP contribution in [0, 0.1) is 6.92 Å². The van der Waals surface area contributed by atoms with E-state index in [4.69, 9.17) is 0 Å². The van der Waals surface area contributed by atoms with Gasteiger partial charge >= 0.3 is 0 Å². The summed E-state index contributed by atoms with van der Waals surface area (Å²) < 4.78 is 1.92. The lowest BCUT2D eigenvalue weighted by Crippen LogP contribution is -2.16. The Morgan fingerprint density at radius 1 is 1.24 bits per heavy atom. The van der Waals surface area contributed by atoms with Gasteiger partial charge < -0.3 is 9.88 Å². The summed E-state index contributed by atoms with van der Waals surface area (Å²) in [7, 11) is 1.91. The van der Waals surface area contributed by atoms with E-state index in [1.165, 1.54) is 0 Å². The van der Waals surface area contributed by atoms with E-state index in [1.54, 1.807) is 0 Å². The lowest BCUT2D eigenvalue weighted by atomic mass is 10.1. The maximum absolute atomic E-state index is 11.9. The number of amides is 1. The number of para-hydroxylation sites is 1. The first-order valence-electron chi connectivity index (χ1n) is 7.28. The van der Waals surface area contributed by atoms with Gasteiger partial charge in [0.2, 0.25) is 5.91 Å². The summed E-state index contributed by atoms with van der Waals surface area (Å²) in [5.41, 5.74) is 0.814. The number of nitrogens with zero attached hydrogens (tertiary/aromatic N) is 3. The third-order valence-electron chi connectivity index (χ3n) is 3.12. The molecule has 1 aromatic carbocycles. The fourth-order valence-corrected chi connectivity index (χ4v) is 1.96. The highest BCUT2D eigenvalue weighted by Crippen LogP contribution is 2.18. The second-order valence-corrected chi connectivity index (χ2v) is 4.68. The maximum atomic E-state index is 11.9. The number of hydrogen-bond acceptors (Lipinski definition) is 3. The smallest absolute Gasteiger partial charge is 0.225 e. The molecule has 0 fully saturated rings. The fraction of sp³-hybridized carbons (Fsp3) is 0.438. The van der Waals surface area contributed by atoms with Crippen LogP contribution in [0.4, 0.5) is 5.69 Å². The standard InChI is InChI=1S/C14H18N4O.C2H6/c1-10(14-17-16-11(2)18(14)3)9-13(19)15-12-7-5-4-6-8-12;1-2/h4-8,10H,9H2,1-3H3,(H,15,19);1-2H3/t10-;/m0./s1. The lowest BCUT2D eigenvalue weighted by Gasteiger charge is -2.11. The number of carbonyl (C=O) groups is 1. The summed E-state index contributed by atoms with van der Waals surface area (Å²) in [6, 6.07) is 9.45. The molecule has 114 valence electrons. The van der Waals surface area contributed by atoms with Gasteiger partial charge in [0, 0.05) is 25.1 Å². The Bertz CT molecular complexity index is 563. The Morgan fingerprint density at radius 2 is 1.86 bits per heavy atom. The van der Waals surface area contributed by atoms with Crippen molar-refractivity contribution < 1.29 is 4.79 Å². The largest absolute Gasteiger partial charge is 0.326 e. The van der Waals surface area contributed by atoms with Gasteiger partial charge in [0.15, 0.2) is 0 Å². The first-order chi connectivity index (χ1) is 10.1. The molecule has 0 saturated carbocycles. The zero-order valence-electron chi connectivity index (χ0n) is 13.4. The molecule has 21 heavy (non-hydrogen) atoms. The highest BCUT2D eigenvalue weighted by Gasteiger charge is 2.17. The highest BCUT2D eigenvalue weighted by atomic mass is 16.1. The number of anilines is 1. The fourth-order valence-electron chi connectivity index (χ4n) is 1.96. The SMILES string of the molecule is CC.Cc1nnc([C@@H](C)CC(=O)Nc2ccccc2)n1C. The molecule has 1 N–H and O–H groups in total. The van der Waals surface area contributed by atoms with Crippen molar-refractivity contribution in [3.63, 3.8) is 0 Å². The lowest BCUT2D eigenvalue weighted by molar-refractivity contribution is -0.116. The summed E-state index contributed by atoms with van der Waals surface area (Å²) in [6.07, 6.45) is 0.390. The van der Waals surface area contributed by atoms with Crippen LogP contribution in [0.1, 0.15) is 44.8 Å². The molecule has 0 unspecified atom stereocenters. The molecular weight excluding hydrogens is 264 g/mol. The Balaban J connectivity index is 0.00000106. The van der Waals surface area contributed by atoms with Gasteiger partial charge in [-0.2, -0.15) is 0 Å². The third kappa shape index (κ3) is 4.70. The van der Waals surface area contributed by atoms with E-state index < -0.39 is 0 Å². The van der Waals surface area contributed by atoms with Crippen molar-refractivity contribution in [3.8, 4) is 0 Å². The molecule has 0 saturated heterocycles. The van der Waals surface area contributed by atoms with Gasteiger partial charge in [0.1, 0.15) is 11.6 Å². The molecular formula is C16H24N4O. The molecule has 0 aliphatic carbocycles. The van der Waals surface area contributed by atoms with Crippen LogP contribution in [0.25, 0.3) is 0 Å². The number of nitrogens with one attached hydrogen (secondary N) is 1. The van der Waals surface area contributed by atoms with E-state index in [-0.39, 0.29) is 11.8 Å². The van der Waals surface area contributed by atoms with Gasteiger partial charge in [0.25, 0.3) is 0 Å². The number of benzene rings is 1. The van der Waals surface area contributed by atoms with E-state index in [0.717, 1.165) is 17.3 Å². The van der Waals surface area contributed by atoms with Crippen molar-refractivity contribution in [2.24, 2.45) is 7.05 Å². The molecule has 5 nitrogen and oxygen atoms in total. The van der Waals surface area contributed by atoms with Gasteiger partial charge in [-0.3, -0.25) is 4.79 Å². The number of hydrogen-bond donors (Lipinski definition) is 1. The Kier molecular flexibility index (Phi) is 6.59. The summed E-state index contributed by atoms with van der Waals surface area (Å²) in [6.45, 7) is 7.88. The van der Waals surface area contributed by atoms with Gasteiger partial charge in [-0.25, -0.2) is 0 Å². The molecule has 0 aliphatic heterocycles. The van der Waals surface area contributed by atoms with Crippen LogP contribution in [0.5, 0.6) is 0 Å². The average Bonchev–Trinajstić information content (AvgIpc) is 2.82. The van der Waals surface area contributed by atoms with Gasteiger partial charge in [-0.1, -0.05) is 39.0 Å². The number of aromatic nitrogens is 3. The quantitative estimate of drug-likeness (QED) is 0.939. The number of carbonyl (C=O) groups excluding carboxylic acids is 1. The van der Waals surface area contributed by atoms with Crippen LogP contribution in [-0.2, 0) is 11.8 Å². The zero-order chi connectivity index (χ0) is 15.8. The van der Waals surface area contributed by atoms with Crippen molar-refractivity contribution in [1.29, 1.82) is 0 Å². The van der Waals surface area contributed by atoms with Crippen LogP contribution in [0.2, 0.25) is 0 Å². The van der Waals surface area contributed by atoms with E-state index >= 15 is 0 Å². The molecule has 1 aromatic heterocycles. The number of rotatable bonds is 4. The molecule has 5 heteroatoms. The van der Waals surface area contributed by atoms with Crippen LogP contribution < -0.4 is 5.32 Å². The minimum Gasteiger partial charge on any atom is -0.326 e. The van der Waals surface area contributed by atoms with E-state index in [9.17, 15) is 4.79 Å². The van der Waals surface area contributed by atoms with Crippen LogP contribution in [-0.4, -0.2) is 20.7 Å². The van der Waals surface area contributed by atoms with E-state index in [1.807, 2.05) is 69.6 Å². The van der Waals surface area contributed by atoms with E-state index in [0.29, 0.717) is 6.42 Å². The van der Waals surface area contributed by atoms with Crippen molar-refractivity contribution in [1.82, 2.24) is 14.8 Å². The summed E-state index contributed by atoms with van der Waals surface area (Å²) in [5, 5.41) is 11.0. The minimum atomic E-state index is -0.0145. The highest BCUT2D eigenvalue weighted by molar-refractivity contribution is 5.91. The van der Waals surface area contributed by atoms with Crippen molar-refractivity contribution in [2.75, 3.05) is 5.32 Å². The monoisotopic (exact) mass is 288 g/mol.